The van der Waals surface area contributed by atoms with Gasteiger partial charge in [0.2, 0.25) is 0 Å². The summed E-state index contributed by atoms with van der Waals surface area (Å²) in [6.07, 6.45) is 61.8. The van der Waals surface area contributed by atoms with Crippen LogP contribution < -0.4 is 0 Å². The number of unbranched alkanes of at least 4 members (excludes halogenated alkanes) is 29. The minimum absolute atomic E-state index is 0.150. The summed E-state index contributed by atoms with van der Waals surface area (Å²) >= 11 is 0. The molecule has 0 rings (SSSR count). The molecule has 74 heavy (non-hydrogen) atoms. The number of allylic oxidation sites excluding steroid dienone is 10. The van der Waals surface area contributed by atoms with Crippen molar-refractivity contribution >= 4 is 25.7 Å². The lowest BCUT2D eigenvalue weighted by molar-refractivity contribution is -0.161. The van der Waals surface area contributed by atoms with Gasteiger partial charge in [0.25, 0.3) is 0 Å². The molecule has 0 aliphatic rings. The van der Waals surface area contributed by atoms with E-state index >= 15 is 0 Å². The summed E-state index contributed by atoms with van der Waals surface area (Å²) in [5, 5.41) is 9.83. The summed E-state index contributed by atoms with van der Waals surface area (Å²) in [4.78, 5) is 48.6. The van der Waals surface area contributed by atoms with Crippen molar-refractivity contribution in [2.24, 2.45) is 0 Å². The van der Waals surface area contributed by atoms with Crippen LogP contribution >= 0.6 is 7.82 Å². The molecule has 3 unspecified atom stereocenters. The lowest BCUT2D eigenvalue weighted by atomic mass is 10.0. The van der Waals surface area contributed by atoms with Crippen LogP contribution in [0.5, 0.6) is 0 Å². The molecule has 0 amide bonds. The van der Waals surface area contributed by atoms with Gasteiger partial charge in [-0.05, 0) is 77.0 Å². The molecule has 12 heteroatoms. The first-order valence-electron chi connectivity index (χ1n) is 30.2. The average molecular weight is 1060 g/mol. The average Bonchev–Trinajstić information content (AvgIpc) is 3.39. The molecule has 0 spiro atoms. The van der Waals surface area contributed by atoms with Gasteiger partial charge >= 0.3 is 25.7 Å². The minimum atomic E-state index is -4.75. The van der Waals surface area contributed by atoms with Gasteiger partial charge in [-0.25, -0.2) is 4.57 Å². The SMILES string of the molecule is CC/C=C\C/C=C\C/C=C\C/C=C\CCCCCCCCC(=O)OC(COC(=O)CCCCCCC/C=C\CCCC)COP(=O)(O)OCC(CO)OC(=O)CCCCCCCCCCCCCCCCCCC. The van der Waals surface area contributed by atoms with Crippen molar-refractivity contribution in [3.8, 4) is 0 Å². The highest BCUT2D eigenvalue weighted by molar-refractivity contribution is 7.47. The van der Waals surface area contributed by atoms with E-state index in [1.54, 1.807) is 0 Å². The number of aliphatic hydroxyl groups is 1. The molecular weight excluding hydrogens is 952 g/mol. The van der Waals surface area contributed by atoms with Crippen LogP contribution in [0.4, 0.5) is 0 Å². The Morgan fingerprint density at radius 2 is 0.716 bits per heavy atom. The predicted octanol–water partition coefficient (Wildman–Crippen LogP) is 17.9. The van der Waals surface area contributed by atoms with Crippen LogP contribution in [0.1, 0.15) is 278 Å². The maximum Gasteiger partial charge on any atom is 0.472 e. The maximum atomic E-state index is 12.9. The number of carbonyl (C=O) groups is 3. The van der Waals surface area contributed by atoms with Crippen LogP contribution in [0.2, 0.25) is 0 Å². The quantitative estimate of drug-likeness (QED) is 0.0197. The topological polar surface area (TPSA) is 155 Å². The number of ether oxygens (including phenoxy) is 3. The summed E-state index contributed by atoms with van der Waals surface area (Å²) in [5.41, 5.74) is 0. The van der Waals surface area contributed by atoms with Crippen molar-refractivity contribution in [3.63, 3.8) is 0 Å². The molecular formula is C62H111O11P. The van der Waals surface area contributed by atoms with Crippen LogP contribution in [-0.4, -0.2) is 66.5 Å². The Labute approximate surface area is 453 Å². The van der Waals surface area contributed by atoms with Crippen molar-refractivity contribution in [1.29, 1.82) is 0 Å². The van der Waals surface area contributed by atoms with Crippen molar-refractivity contribution < 1.29 is 52.2 Å². The van der Waals surface area contributed by atoms with E-state index in [2.05, 4.69) is 81.5 Å². The fourth-order valence-corrected chi connectivity index (χ4v) is 9.11. The lowest BCUT2D eigenvalue weighted by Crippen LogP contribution is -2.30. The minimum Gasteiger partial charge on any atom is -0.462 e. The molecule has 0 bridgehead atoms. The molecule has 0 aliphatic heterocycles. The second kappa shape index (κ2) is 56.4. The van der Waals surface area contributed by atoms with E-state index in [9.17, 15) is 28.9 Å². The fraction of sp³-hybridized carbons (Fsp3) is 0.790. The first-order valence-corrected chi connectivity index (χ1v) is 31.7. The van der Waals surface area contributed by atoms with Crippen molar-refractivity contribution in [1.82, 2.24) is 0 Å². The highest BCUT2D eigenvalue weighted by Crippen LogP contribution is 2.43. The van der Waals surface area contributed by atoms with Gasteiger partial charge in [0, 0.05) is 19.3 Å². The van der Waals surface area contributed by atoms with Crippen LogP contribution in [0, 0.1) is 0 Å². The molecule has 0 saturated carbocycles. The monoisotopic (exact) mass is 1060 g/mol. The van der Waals surface area contributed by atoms with Gasteiger partial charge in [-0.3, -0.25) is 23.4 Å². The largest absolute Gasteiger partial charge is 0.472 e. The third-order valence-corrected chi connectivity index (χ3v) is 13.9. The van der Waals surface area contributed by atoms with Crippen LogP contribution in [-0.2, 0) is 42.2 Å². The maximum absolute atomic E-state index is 12.9. The van der Waals surface area contributed by atoms with Crippen LogP contribution in [0.25, 0.3) is 0 Å². The normalized spacial score (nSPS) is 13.7. The van der Waals surface area contributed by atoms with Gasteiger partial charge in [0.15, 0.2) is 6.10 Å². The van der Waals surface area contributed by atoms with Crippen molar-refractivity contribution in [2.75, 3.05) is 26.4 Å². The Kier molecular flexibility index (Phi) is 54.2. The van der Waals surface area contributed by atoms with Gasteiger partial charge in [0.1, 0.15) is 12.7 Å². The second-order valence-corrected chi connectivity index (χ2v) is 21.6. The van der Waals surface area contributed by atoms with Gasteiger partial charge < -0.3 is 24.2 Å². The first kappa shape index (κ1) is 71.2. The van der Waals surface area contributed by atoms with E-state index in [-0.39, 0.29) is 25.9 Å². The van der Waals surface area contributed by atoms with Crippen molar-refractivity contribution in [2.45, 2.75) is 290 Å². The molecule has 0 aromatic heterocycles. The predicted molar refractivity (Wildman–Crippen MR) is 307 cm³/mol. The zero-order valence-corrected chi connectivity index (χ0v) is 48.5. The molecule has 0 aromatic carbocycles. The number of esters is 3. The summed E-state index contributed by atoms with van der Waals surface area (Å²) in [7, 11) is -4.75. The summed E-state index contributed by atoms with van der Waals surface area (Å²) < 4.78 is 39.5. The third kappa shape index (κ3) is 54.0. The highest BCUT2D eigenvalue weighted by Gasteiger charge is 2.28. The third-order valence-electron chi connectivity index (χ3n) is 12.9. The fourth-order valence-electron chi connectivity index (χ4n) is 8.33. The van der Waals surface area contributed by atoms with Gasteiger partial charge in [0.05, 0.1) is 19.8 Å². The Morgan fingerprint density at radius 1 is 0.392 bits per heavy atom. The number of phosphoric ester groups is 1. The Bertz CT molecular complexity index is 1470. The Hall–Kier alpha value is -2.82. The van der Waals surface area contributed by atoms with E-state index in [0.717, 1.165) is 122 Å². The number of rotatable bonds is 56. The number of hydrogen-bond acceptors (Lipinski definition) is 10. The molecule has 2 N–H and O–H groups in total. The smallest absolute Gasteiger partial charge is 0.462 e. The summed E-state index contributed by atoms with van der Waals surface area (Å²) in [6, 6.07) is 0. The summed E-state index contributed by atoms with van der Waals surface area (Å²) in [6.45, 7) is 4.50. The Morgan fingerprint density at radius 3 is 1.14 bits per heavy atom. The summed E-state index contributed by atoms with van der Waals surface area (Å²) in [5.74, 6) is -1.48. The lowest BCUT2D eigenvalue weighted by Gasteiger charge is -2.21. The molecule has 0 heterocycles. The number of hydrogen-bond donors (Lipinski definition) is 2. The van der Waals surface area contributed by atoms with E-state index in [1.807, 2.05) is 0 Å². The Balaban J connectivity index is 4.66. The van der Waals surface area contributed by atoms with Crippen LogP contribution in [0.15, 0.2) is 60.8 Å². The van der Waals surface area contributed by atoms with Crippen LogP contribution in [0.3, 0.4) is 0 Å². The second-order valence-electron chi connectivity index (χ2n) is 20.1. The zero-order chi connectivity index (χ0) is 54.1. The first-order chi connectivity index (χ1) is 36.2. The zero-order valence-electron chi connectivity index (χ0n) is 47.6. The van der Waals surface area contributed by atoms with Gasteiger partial charge in [-0.1, -0.05) is 242 Å². The van der Waals surface area contributed by atoms with E-state index < -0.39 is 57.8 Å². The number of aliphatic hydroxyl groups excluding tert-OH is 1. The van der Waals surface area contributed by atoms with E-state index in [1.165, 1.54) is 96.3 Å². The molecule has 11 nitrogen and oxygen atoms in total. The standard InChI is InChI=1S/C62H111O11P/c1-4-7-10-13-16-19-22-24-26-28-29-31-33-35-38-41-44-47-50-53-62(66)73-59(55-69-60(64)51-48-45-42-39-36-21-18-15-12-9-6-3)57-71-74(67,68)70-56-58(54-63)72-61(65)52-49-46-43-40-37-34-32-30-27-25-23-20-17-14-11-8-5-2/h7,10,15-16,18-19,24,26,29,31,58-59,63H,4-6,8-9,11-14,17,20-23,25,27-28,30,32-57H2,1-3H3,(H,67,68)/b10-7-,18-15-,19-16-,26-24-,31-29-. The van der Waals surface area contributed by atoms with Gasteiger partial charge in [-0.2, -0.15) is 0 Å². The molecule has 430 valence electrons. The van der Waals surface area contributed by atoms with Crippen molar-refractivity contribution in [3.05, 3.63) is 60.8 Å². The van der Waals surface area contributed by atoms with E-state index in [4.69, 9.17) is 23.3 Å². The molecule has 0 aliphatic carbocycles. The molecule has 0 fully saturated rings. The molecule has 3 atom stereocenters. The molecule has 0 aromatic rings. The molecule has 0 radical (unpaired) electrons. The van der Waals surface area contributed by atoms with E-state index in [0.29, 0.717) is 19.3 Å². The number of phosphoric acid groups is 1. The highest BCUT2D eigenvalue weighted by atomic mass is 31.2. The molecule has 0 saturated heterocycles. The van der Waals surface area contributed by atoms with Gasteiger partial charge in [-0.15, -0.1) is 0 Å². The number of carbonyl (C=O) groups excluding carboxylic acids is 3.